The van der Waals surface area contributed by atoms with Crippen LogP contribution in [0.3, 0.4) is 0 Å². The second-order valence-corrected chi connectivity index (χ2v) is 2.22. The molecule has 0 radical (unpaired) electrons. The molecule has 0 aromatic carbocycles. The molecule has 0 N–H and O–H groups in total. The topological polar surface area (TPSA) is 71.5 Å². The summed E-state index contributed by atoms with van der Waals surface area (Å²) in [4.78, 5) is 24.7. The van der Waals surface area contributed by atoms with Crippen LogP contribution in [0, 0.1) is 17.9 Å². The molecule has 5 nitrogen and oxygen atoms in total. The van der Waals surface area contributed by atoms with E-state index in [9.17, 15) is 9.59 Å². The Balaban J connectivity index is 5.25. The standard InChI is InChI=1S/C9H8N2O3/c1-4-14-9(13)8(11-3)7(5-10)6(2)12/h4H2,1-2H3/b8-7-. The first-order valence-corrected chi connectivity index (χ1v) is 3.78. The van der Waals surface area contributed by atoms with E-state index >= 15 is 0 Å². The summed E-state index contributed by atoms with van der Waals surface area (Å²) in [6.07, 6.45) is 0. The minimum atomic E-state index is -0.936. The van der Waals surface area contributed by atoms with Crippen LogP contribution in [0.25, 0.3) is 4.85 Å². The van der Waals surface area contributed by atoms with Gasteiger partial charge in [-0.15, -0.1) is 0 Å². The van der Waals surface area contributed by atoms with E-state index in [4.69, 9.17) is 11.8 Å². The van der Waals surface area contributed by atoms with Gasteiger partial charge in [-0.1, -0.05) is 0 Å². The second-order valence-electron chi connectivity index (χ2n) is 2.22. The first-order valence-electron chi connectivity index (χ1n) is 3.78. The first kappa shape index (κ1) is 11.9. The molecule has 5 heteroatoms. The van der Waals surface area contributed by atoms with Crippen LogP contribution in [-0.4, -0.2) is 18.4 Å². The summed E-state index contributed by atoms with van der Waals surface area (Å²) in [5.41, 5.74) is -1.01. The lowest BCUT2D eigenvalue weighted by atomic mass is 10.1. The molecule has 0 atom stereocenters. The smallest absolute Gasteiger partial charge is 0.337 e. The summed E-state index contributed by atoms with van der Waals surface area (Å²) >= 11 is 0. The lowest BCUT2D eigenvalue weighted by molar-refractivity contribution is -0.138. The third kappa shape index (κ3) is 2.72. The van der Waals surface area contributed by atoms with E-state index in [2.05, 4.69) is 9.58 Å². The van der Waals surface area contributed by atoms with E-state index in [1.165, 1.54) is 6.07 Å². The number of ketones is 1. The summed E-state index contributed by atoms with van der Waals surface area (Å²) in [6.45, 7) is 9.43. The third-order valence-corrected chi connectivity index (χ3v) is 1.28. The molecule has 0 aliphatic carbocycles. The number of hydrogen-bond acceptors (Lipinski definition) is 4. The number of esters is 1. The highest BCUT2D eigenvalue weighted by Crippen LogP contribution is 2.08. The van der Waals surface area contributed by atoms with Gasteiger partial charge in [-0.25, -0.2) is 4.85 Å². The van der Waals surface area contributed by atoms with E-state index < -0.39 is 23.0 Å². The molecule has 0 unspecified atom stereocenters. The number of allylic oxidation sites excluding steroid dienone is 1. The van der Waals surface area contributed by atoms with Gasteiger partial charge in [0.1, 0.15) is 5.57 Å². The Morgan fingerprint density at radius 1 is 1.57 bits per heavy atom. The number of Topliss-reactive ketones (excluding diaryl/α,β-unsaturated/α-hetero) is 1. The zero-order valence-corrected chi connectivity index (χ0v) is 7.83. The van der Waals surface area contributed by atoms with Crippen LogP contribution in [-0.2, 0) is 14.3 Å². The van der Waals surface area contributed by atoms with Crippen molar-refractivity contribution in [1.29, 1.82) is 5.26 Å². The molecule has 0 aliphatic heterocycles. The summed E-state index contributed by atoms with van der Waals surface area (Å²) in [5, 5.41) is 8.54. The quantitative estimate of drug-likeness (QED) is 0.287. The lowest BCUT2D eigenvalue weighted by Crippen LogP contribution is -2.10. The average molecular weight is 192 g/mol. The van der Waals surface area contributed by atoms with E-state index in [1.807, 2.05) is 0 Å². The van der Waals surface area contributed by atoms with Crippen molar-refractivity contribution in [2.75, 3.05) is 6.61 Å². The summed E-state index contributed by atoms with van der Waals surface area (Å²) < 4.78 is 4.51. The van der Waals surface area contributed by atoms with Crippen LogP contribution in [0.5, 0.6) is 0 Å². The fourth-order valence-corrected chi connectivity index (χ4v) is 0.701. The number of nitrogens with zero attached hydrogens (tertiary/aromatic N) is 2. The SMILES string of the molecule is [C-]#[N+]/C(C(=O)OCC)=C(/C#N)C(C)=O. The Labute approximate surface area is 81.4 Å². The summed E-state index contributed by atoms with van der Waals surface area (Å²) in [6, 6.07) is 1.51. The zero-order chi connectivity index (χ0) is 11.1. The molecular formula is C9H8N2O3. The number of ether oxygens (including phenoxy) is 1. The minimum absolute atomic E-state index is 0.0917. The van der Waals surface area contributed by atoms with Crippen molar-refractivity contribution in [2.24, 2.45) is 0 Å². The molecule has 0 heterocycles. The lowest BCUT2D eigenvalue weighted by Gasteiger charge is -2.00. The van der Waals surface area contributed by atoms with Crippen LogP contribution in [0.2, 0.25) is 0 Å². The van der Waals surface area contributed by atoms with Gasteiger partial charge >= 0.3 is 5.97 Å². The van der Waals surface area contributed by atoms with E-state index in [0.717, 1.165) is 6.92 Å². The maximum absolute atomic E-state index is 11.1. The van der Waals surface area contributed by atoms with E-state index in [1.54, 1.807) is 6.92 Å². The Bertz CT molecular complexity index is 368. The number of hydrogen-bond donors (Lipinski definition) is 0. The van der Waals surface area contributed by atoms with E-state index in [0.29, 0.717) is 0 Å². The highest BCUT2D eigenvalue weighted by Gasteiger charge is 2.20. The predicted octanol–water partition coefficient (Wildman–Crippen LogP) is 0.835. The number of carbonyl (C=O) groups excluding carboxylic acids is 2. The van der Waals surface area contributed by atoms with Gasteiger partial charge < -0.3 is 4.74 Å². The molecule has 0 bridgehead atoms. The highest BCUT2D eigenvalue weighted by atomic mass is 16.5. The molecular weight excluding hydrogens is 184 g/mol. The molecule has 0 spiro atoms. The number of rotatable bonds is 3. The first-order chi connectivity index (χ1) is 6.58. The molecule has 0 amide bonds. The maximum atomic E-state index is 11.1. The summed E-state index contributed by atoms with van der Waals surface area (Å²) in [5.74, 6) is -1.55. The minimum Gasteiger partial charge on any atom is -0.471 e. The van der Waals surface area contributed by atoms with Crippen molar-refractivity contribution in [3.05, 3.63) is 22.7 Å². The fourth-order valence-electron chi connectivity index (χ4n) is 0.701. The van der Waals surface area contributed by atoms with Gasteiger partial charge in [0.2, 0.25) is 0 Å². The molecule has 72 valence electrons. The van der Waals surface area contributed by atoms with Crippen molar-refractivity contribution in [1.82, 2.24) is 0 Å². The van der Waals surface area contributed by atoms with Crippen molar-refractivity contribution in [2.45, 2.75) is 13.8 Å². The summed E-state index contributed by atoms with van der Waals surface area (Å²) in [7, 11) is 0. The molecule has 0 aromatic rings. The van der Waals surface area contributed by atoms with Gasteiger partial charge in [0.15, 0.2) is 5.78 Å². The predicted molar refractivity (Wildman–Crippen MR) is 46.6 cm³/mol. The van der Waals surface area contributed by atoms with E-state index in [-0.39, 0.29) is 6.61 Å². The van der Waals surface area contributed by atoms with Gasteiger partial charge in [-0.05, 0) is 13.8 Å². The molecule has 14 heavy (non-hydrogen) atoms. The Morgan fingerprint density at radius 3 is 2.43 bits per heavy atom. The van der Waals surface area contributed by atoms with Gasteiger partial charge in [-0.3, -0.25) is 9.59 Å². The monoisotopic (exact) mass is 192 g/mol. The Kier molecular flexibility index (Phi) is 4.66. The second kappa shape index (κ2) is 5.50. The van der Waals surface area contributed by atoms with Crippen molar-refractivity contribution >= 4 is 11.8 Å². The van der Waals surface area contributed by atoms with Gasteiger partial charge in [0.05, 0.1) is 19.2 Å². The van der Waals surface area contributed by atoms with Gasteiger partial charge in [0, 0.05) is 0 Å². The number of nitriles is 1. The van der Waals surface area contributed by atoms with Crippen LogP contribution in [0.1, 0.15) is 13.8 Å². The van der Waals surface area contributed by atoms with Gasteiger partial charge in [0.25, 0.3) is 5.70 Å². The van der Waals surface area contributed by atoms with Crippen LogP contribution in [0.4, 0.5) is 0 Å². The molecule has 0 saturated carbocycles. The molecule has 0 aliphatic rings. The largest absolute Gasteiger partial charge is 0.471 e. The Morgan fingerprint density at radius 2 is 2.14 bits per heavy atom. The molecule has 0 fully saturated rings. The van der Waals surface area contributed by atoms with Crippen LogP contribution < -0.4 is 0 Å². The number of carbonyl (C=O) groups is 2. The van der Waals surface area contributed by atoms with Crippen LogP contribution >= 0.6 is 0 Å². The zero-order valence-electron chi connectivity index (χ0n) is 7.83. The molecule has 0 rings (SSSR count). The normalized spacial score (nSPS) is 10.6. The maximum Gasteiger partial charge on any atom is 0.337 e. The van der Waals surface area contributed by atoms with Crippen molar-refractivity contribution in [3.63, 3.8) is 0 Å². The third-order valence-electron chi connectivity index (χ3n) is 1.28. The highest BCUT2D eigenvalue weighted by molar-refractivity contribution is 6.06. The fraction of sp³-hybridized carbons (Fsp3) is 0.333. The average Bonchev–Trinajstić information content (AvgIpc) is 2.13. The van der Waals surface area contributed by atoms with Crippen molar-refractivity contribution in [3.8, 4) is 6.07 Å². The molecule has 0 saturated heterocycles. The van der Waals surface area contributed by atoms with Crippen molar-refractivity contribution < 1.29 is 14.3 Å². The Hall–Kier alpha value is -2.14. The molecule has 0 aromatic heterocycles. The van der Waals surface area contributed by atoms with Gasteiger partial charge in [-0.2, -0.15) is 5.26 Å². The van der Waals surface area contributed by atoms with Crippen LogP contribution in [0.15, 0.2) is 11.3 Å².